The van der Waals surface area contributed by atoms with Crippen molar-refractivity contribution < 1.29 is 4.74 Å². The van der Waals surface area contributed by atoms with Crippen LogP contribution >= 0.6 is 23.2 Å². The first-order valence-corrected chi connectivity index (χ1v) is 8.05. The third-order valence-electron chi connectivity index (χ3n) is 3.09. The second-order valence-corrected chi connectivity index (χ2v) is 5.47. The van der Waals surface area contributed by atoms with Crippen molar-refractivity contribution in [1.82, 2.24) is 4.90 Å². The number of hydrogen-bond acceptors (Lipinski definition) is 2. The van der Waals surface area contributed by atoms with Gasteiger partial charge in [-0.1, -0.05) is 30.3 Å². The molecule has 0 aliphatic carbocycles. The van der Waals surface area contributed by atoms with Gasteiger partial charge in [-0.2, -0.15) is 0 Å². The van der Waals surface area contributed by atoms with Crippen LogP contribution < -0.4 is 4.74 Å². The van der Waals surface area contributed by atoms with Crippen molar-refractivity contribution >= 4 is 23.2 Å². The highest BCUT2D eigenvalue weighted by molar-refractivity contribution is 6.18. The van der Waals surface area contributed by atoms with E-state index in [9.17, 15) is 0 Å². The molecule has 0 aromatic heterocycles. The molecule has 0 saturated carbocycles. The fourth-order valence-corrected chi connectivity index (χ4v) is 2.58. The van der Waals surface area contributed by atoms with Crippen LogP contribution in [0.4, 0.5) is 0 Å². The third-order valence-corrected chi connectivity index (χ3v) is 3.42. The van der Waals surface area contributed by atoms with Crippen LogP contribution in [-0.2, 0) is 6.54 Å². The Hall–Kier alpha value is -1.22. The lowest BCUT2D eigenvalue weighted by atomic mass is 10.2. The van der Waals surface area contributed by atoms with Gasteiger partial charge in [-0.15, -0.1) is 23.2 Å². The predicted octanol–water partition coefficient (Wildman–Crippen LogP) is 4.76. The van der Waals surface area contributed by atoms with Crippen LogP contribution in [0, 0.1) is 0 Å². The van der Waals surface area contributed by atoms with Crippen LogP contribution in [-0.4, -0.2) is 29.7 Å². The van der Waals surface area contributed by atoms with Crippen molar-refractivity contribution in [2.24, 2.45) is 0 Å². The summed E-state index contributed by atoms with van der Waals surface area (Å²) in [5.74, 6) is 2.90. The van der Waals surface area contributed by atoms with Gasteiger partial charge in [-0.25, -0.2) is 0 Å². The van der Waals surface area contributed by atoms with E-state index < -0.39 is 0 Å². The number of nitrogens with zero attached hydrogens (tertiary/aromatic N) is 1. The maximum Gasteiger partial charge on any atom is 0.127 e. The largest absolute Gasteiger partial charge is 0.457 e. The predicted molar refractivity (Wildman–Crippen MR) is 89.7 cm³/mol. The standard InChI is InChI=1S/C17H19Cl2NO/c18-9-11-20(12-10-19)14-15-5-4-8-17(13-15)21-16-6-2-1-3-7-16/h1-8,13H,9-12,14H2. The Balaban J connectivity index is 2.03. The van der Waals surface area contributed by atoms with Crippen LogP contribution in [0.15, 0.2) is 54.6 Å². The molecule has 0 atom stereocenters. The molecular formula is C17H19Cl2NO. The highest BCUT2D eigenvalue weighted by Crippen LogP contribution is 2.22. The van der Waals surface area contributed by atoms with Crippen molar-refractivity contribution in [2.75, 3.05) is 24.8 Å². The van der Waals surface area contributed by atoms with Gasteiger partial charge in [-0.05, 0) is 29.8 Å². The maximum absolute atomic E-state index is 5.85. The molecule has 2 aromatic rings. The molecule has 2 nitrogen and oxygen atoms in total. The average Bonchev–Trinajstić information content (AvgIpc) is 2.49. The number of rotatable bonds is 8. The molecule has 0 amide bonds. The van der Waals surface area contributed by atoms with Gasteiger partial charge >= 0.3 is 0 Å². The zero-order chi connectivity index (χ0) is 14.9. The van der Waals surface area contributed by atoms with Gasteiger partial charge in [0.15, 0.2) is 0 Å². The monoisotopic (exact) mass is 323 g/mol. The summed E-state index contributed by atoms with van der Waals surface area (Å²) in [5.41, 5.74) is 1.19. The molecule has 2 aromatic carbocycles. The third kappa shape index (κ3) is 5.58. The Morgan fingerprint density at radius 3 is 2.14 bits per heavy atom. The van der Waals surface area contributed by atoms with Gasteiger partial charge in [0.05, 0.1) is 0 Å². The maximum atomic E-state index is 5.85. The number of halogens is 2. The van der Waals surface area contributed by atoms with Crippen molar-refractivity contribution in [1.29, 1.82) is 0 Å². The van der Waals surface area contributed by atoms with Crippen LogP contribution in [0.25, 0.3) is 0 Å². The van der Waals surface area contributed by atoms with Gasteiger partial charge in [-0.3, -0.25) is 4.90 Å². The van der Waals surface area contributed by atoms with Crippen molar-refractivity contribution in [3.05, 3.63) is 60.2 Å². The van der Waals surface area contributed by atoms with Crippen LogP contribution in [0.5, 0.6) is 11.5 Å². The first kappa shape index (κ1) is 16.2. The SMILES string of the molecule is ClCCN(CCCl)Cc1cccc(Oc2ccccc2)c1. The Labute approximate surface area is 136 Å². The van der Waals surface area contributed by atoms with Crippen LogP contribution in [0.1, 0.15) is 5.56 Å². The van der Waals surface area contributed by atoms with Gasteiger partial charge < -0.3 is 4.74 Å². The van der Waals surface area contributed by atoms with Crippen LogP contribution in [0.3, 0.4) is 0 Å². The molecule has 0 radical (unpaired) electrons. The summed E-state index contributed by atoms with van der Waals surface area (Å²) in [6.45, 7) is 2.49. The number of benzene rings is 2. The van der Waals surface area contributed by atoms with E-state index in [2.05, 4.69) is 17.0 Å². The molecule has 0 unspecified atom stereocenters. The molecule has 0 fully saturated rings. The zero-order valence-corrected chi connectivity index (χ0v) is 13.4. The summed E-state index contributed by atoms with van der Waals surface area (Å²) in [6, 6.07) is 17.9. The van der Waals surface area contributed by atoms with E-state index in [0.29, 0.717) is 11.8 Å². The summed E-state index contributed by atoms with van der Waals surface area (Å²) in [5, 5.41) is 0. The molecule has 0 aliphatic rings. The highest BCUT2D eigenvalue weighted by atomic mass is 35.5. The Morgan fingerprint density at radius 2 is 1.48 bits per heavy atom. The molecule has 4 heteroatoms. The Bertz CT molecular complexity index is 527. The summed E-state index contributed by atoms with van der Waals surface area (Å²) in [4.78, 5) is 2.24. The molecule has 0 heterocycles. The van der Waals surface area contributed by atoms with Gasteiger partial charge in [0.25, 0.3) is 0 Å². The zero-order valence-electron chi connectivity index (χ0n) is 11.8. The molecule has 112 valence electrons. The molecule has 21 heavy (non-hydrogen) atoms. The van der Waals surface area contributed by atoms with Crippen LogP contribution in [0.2, 0.25) is 0 Å². The number of para-hydroxylation sites is 1. The first-order chi connectivity index (χ1) is 10.3. The normalized spacial score (nSPS) is 10.8. The molecule has 0 aliphatic heterocycles. The summed E-state index contributed by atoms with van der Waals surface area (Å²) < 4.78 is 5.85. The average molecular weight is 324 g/mol. The lowest BCUT2D eigenvalue weighted by Crippen LogP contribution is -2.27. The van der Waals surface area contributed by atoms with Crippen molar-refractivity contribution in [2.45, 2.75) is 6.54 Å². The minimum Gasteiger partial charge on any atom is -0.457 e. The highest BCUT2D eigenvalue weighted by Gasteiger charge is 2.06. The summed E-state index contributed by atoms with van der Waals surface area (Å²) >= 11 is 11.7. The van der Waals surface area contributed by atoms with Gasteiger partial charge in [0, 0.05) is 31.4 Å². The molecule has 0 N–H and O–H groups in total. The lowest BCUT2D eigenvalue weighted by molar-refractivity contribution is 0.299. The molecule has 0 spiro atoms. The Morgan fingerprint density at radius 1 is 0.810 bits per heavy atom. The van der Waals surface area contributed by atoms with E-state index >= 15 is 0 Å². The molecule has 0 saturated heterocycles. The number of alkyl halides is 2. The van der Waals surface area contributed by atoms with Crippen molar-refractivity contribution in [3.63, 3.8) is 0 Å². The van der Waals surface area contributed by atoms with E-state index in [0.717, 1.165) is 31.1 Å². The van der Waals surface area contributed by atoms with E-state index in [4.69, 9.17) is 27.9 Å². The van der Waals surface area contributed by atoms with E-state index in [-0.39, 0.29) is 0 Å². The topological polar surface area (TPSA) is 12.5 Å². The smallest absolute Gasteiger partial charge is 0.127 e. The van der Waals surface area contributed by atoms with E-state index in [1.165, 1.54) is 5.56 Å². The Kier molecular flexibility index (Phi) is 6.87. The second kappa shape index (κ2) is 8.93. The van der Waals surface area contributed by atoms with Gasteiger partial charge in [0.2, 0.25) is 0 Å². The molecular weight excluding hydrogens is 305 g/mol. The van der Waals surface area contributed by atoms with E-state index in [1.54, 1.807) is 0 Å². The molecule has 0 bridgehead atoms. The van der Waals surface area contributed by atoms with Crippen molar-refractivity contribution in [3.8, 4) is 11.5 Å². The number of hydrogen-bond donors (Lipinski definition) is 0. The fraction of sp³-hybridized carbons (Fsp3) is 0.294. The number of ether oxygens (including phenoxy) is 1. The van der Waals surface area contributed by atoms with Gasteiger partial charge in [0.1, 0.15) is 11.5 Å². The minimum absolute atomic E-state index is 0.608. The molecule has 2 rings (SSSR count). The second-order valence-electron chi connectivity index (χ2n) is 4.72. The first-order valence-electron chi connectivity index (χ1n) is 6.98. The summed E-state index contributed by atoms with van der Waals surface area (Å²) in [7, 11) is 0. The van der Waals surface area contributed by atoms with E-state index in [1.807, 2.05) is 42.5 Å². The fourth-order valence-electron chi connectivity index (χ4n) is 2.10. The minimum atomic E-state index is 0.608. The summed E-state index contributed by atoms with van der Waals surface area (Å²) in [6.07, 6.45) is 0. The quantitative estimate of drug-likeness (QED) is 0.649. The lowest BCUT2D eigenvalue weighted by Gasteiger charge is -2.20.